The lowest BCUT2D eigenvalue weighted by molar-refractivity contribution is 0.257. The molecular weight excluding hydrogens is 348 g/mol. The Labute approximate surface area is 140 Å². The Morgan fingerprint density at radius 3 is 2.95 bits per heavy atom. The first-order valence-corrected chi connectivity index (χ1v) is 9.07. The molecule has 2 aromatic rings. The number of imidazole rings is 1. The van der Waals surface area contributed by atoms with Crippen LogP contribution in [0.1, 0.15) is 50.7 Å². The van der Waals surface area contributed by atoms with Crippen LogP contribution < -0.4 is 0 Å². The van der Waals surface area contributed by atoms with Crippen LogP contribution in [0, 0.1) is 11.8 Å². The number of alkyl halides is 1. The molecule has 0 bridgehead atoms. The summed E-state index contributed by atoms with van der Waals surface area (Å²) in [5.74, 6) is 2.60. The van der Waals surface area contributed by atoms with E-state index in [1.54, 1.807) is 0 Å². The highest BCUT2D eigenvalue weighted by molar-refractivity contribution is 9.10. The number of fused-ring (bicyclic) bond motifs is 1. The number of nitrogens with zero attached hydrogens (tertiary/aromatic N) is 2. The minimum absolute atomic E-state index is 0.0582. The van der Waals surface area contributed by atoms with E-state index in [4.69, 9.17) is 16.6 Å². The first kappa shape index (κ1) is 15.4. The topological polar surface area (TPSA) is 17.8 Å². The Morgan fingerprint density at radius 1 is 1.43 bits per heavy atom. The summed E-state index contributed by atoms with van der Waals surface area (Å²) >= 11 is 9.94. The molecule has 1 fully saturated rings. The summed E-state index contributed by atoms with van der Waals surface area (Å²) in [6.45, 7) is 5.43. The lowest BCUT2D eigenvalue weighted by atomic mass is 9.82. The highest BCUT2D eigenvalue weighted by Gasteiger charge is 2.22. The molecule has 3 unspecified atom stereocenters. The molecule has 0 spiro atoms. The molecule has 0 radical (unpaired) electrons. The molecule has 21 heavy (non-hydrogen) atoms. The predicted molar refractivity (Wildman–Crippen MR) is 92.8 cm³/mol. The second-order valence-electron chi connectivity index (χ2n) is 6.47. The zero-order valence-corrected chi connectivity index (χ0v) is 15.0. The molecule has 0 saturated heterocycles. The second kappa shape index (κ2) is 6.29. The van der Waals surface area contributed by atoms with Crippen LogP contribution in [0.2, 0.25) is 0 Å². The SMILES string of the molecule is CC1CCCC(Cn2c(C(C)Cl)nc3ccc(Br)cc32)C1. The Hall–Kier alpha value is -0.540. The van der Waals surface area contributed by atoms with Crippen molar-refractivity contribution in [1.82, 2.24) is 9.55 Å². The summed E-state index contributed by atoms with van der Waals surface area (Å²) in [5, 5.41) is -0.0582. The van der Waals surface area contributed by atoms with Gasteiger partial charge in [-0.2, -0.15) is 0 Å². The smallest absolute Gasteiger partial charge is 0.127 e. The van der Waals surface area contributed by atoms with Crippen LogP contribution in [-0.4, -0.2) is 9.55 Å². The lowest BCUT2D eigenvalue weighted by Crippen LogP contribution is -2.19. The average molecular weight is 370 g/mol. The second-order valence-corrected chi connectivity index (χ2v) is 8.04. The van der Waals surface area contributed by atoms with Crippen molar-refractivity contribution in [1.29, 1.82) is 0 Å². The van der Waals surface area contributed by atoms with Gasteiger partial charge in [0.1, 0.15) is 5.82 Å². The first-order chi connectivity index (χ1) is 10.0. The number of hydrogen-bond donors (Lipinski definition) is 0. The van der Waals surface area contributed by atoms with Crippen LogP contribution >= 0.6 is 27.5 Å². The zero-order chi connectivity index (χ0) is 15.0. The van der Waals surface area contributed by atoms with E-state index in [2.05, 4.69) is 39.6 Å². The molecule has 0 amide bonds. The average Bonchev–Trinajstić information content (AvgIpc) is 2.77. The van der Waals surface area contributed by atoms with Crippen LogP contribution in [-0.2, 0) is 6.54 Å². The summed E-state index contributed by atoms with van der Waals surface area (Å²) in [7, 11) is 0. The van der Waals surface area contributed by atoms with E-state index in [1.807, 2.05) is 13.0 Å². The van der Waals surface area contributed by atoms with Crippen molar-refractivity contribution in [3.05, 3.63) is 28.5 Å². The van der Waals surface area contributed by atoms with Gasteiger partial charge in [0.25, 0.3) is 0 Å². The molecule has 1 aromatic heterocycles. The summed E-state index contributed by atoms with van der Waals surface area (Å²) in [4.78, 5) is 4.75. The van der Waals surface area contributed by atoms with E-state index >= 15 is 0 Å². The number of hydrogen-bond acceptors (Lipinski definition) is 1. The minimum Gasteiger partial charge on any atom is -0.326 e. The molecule has 3 atom stereocenters. The molecule has 1 aliphatic carbocycles. The van der Waals surface area contributed by atoms with Crippen LogP contribution in [0.5, 0.6) is 0 Å². The van der Waals surface area contributed by atoms with Crippen molar-refractivity contribution in [3.8, 4) is 0 Å². The number of rotatable bonds is 3. The highest BCUT2D eigenvalue weighted by atomic mass is 79.9. The summed E-state index contributed by atoms with van der Waals surface area (Å²) < 4.78 is 3.45. The monoisotopic (exact) mass is 368 g/mol. The van der Waals surface area contributed by atoms with Gasteiger partial charge >= 0.3 is 0 Å². The van der Waals surface area contributed by atoms with E-state index in [1.165, 1.54) is 31.2 Å². The Bertz CT molecular complexity index is 635. The van der Waals surface area contributed by atoms with Gasteiger partial charge in [0, 0.05) is 11.0 Å². The first-order valence-electron chi connectivity index (χ1n) is 7.84. The fourth-order valence-corrected chi connectivity index (χ4v) is 4.11. The molecule has 1 saturated carbocycles. The van der Waals surface area contributed by atoms with Crippen molar-refractivity contribution >= 4 is 38.6 Å². The largest absolute Gasteiger partial charge is 0.326 e. The third kappa shape index (κ3) is 3.29. The molecule has 2 nitrogen and oxygen atoms in total. The quantitative estimate of drug-likeness (QED) is 0.613. The van der Waals surface area contributed by atoms with Gasteiger partial charge in [-0.25, -0.2) is 4.98 Å². The minimum atomic E-state index is -0.0582. The summed E-state index contributed by atoms with van der Waals surface area (Å²) in [6.07, 6.45) is 5.39. The molecule has 3 rings (SSSR count). The molecule has 1 aliphatic rings. The van der Waals surface area contributed by atoms with E-state index in [0.717, 1.165) is 34.2 Å². The maximum Gasteiger partial charge on any atom is 0.127 e. The van der Waals surface area contributed by atoms with E-state index in [0.29, 0.717) is 0 Å². The van der Waals surface area contributed by atoms with Gasteiger partial charge < -0.3 is 4.57 Å². The van der Waals surface area contributed by atoms with Crippen molar-refractivity contribution in [2.24, 2.45) is 11.8 Å². The van der Waals surface area contributed by atoms with Crippen LogP contribution in [0.25, 0.3) is 11.0 Å². The van der Waals surface area contributed by atoms with Gasteiger partial charge in [-0.3, -0.25) is 0 Å². The molecule has 1 aromatic carbocycles. The molecule has 0 N–H and O–H groups in total. The third-order valence-electron chi connectivity index (χ3n) is 4.58. The standard InChI is InChI=1S/C17H22BrClN2/c1-11-4-3-5-13(8-11)10-21-16-9-14(18)6-7-15(16)20-17(21)12(2)19/h6-7,9,11-13H,3-5,8,10H2,1-2H3. The fourth-order valence-electron chi connectivity index (χ4n) is 3.59. The molecular formula is C17H22BrClN2. The number of halogens is 2. The Morgan fingerprint density at radius 2 is 2.24 bits per heavy atom. The van der Waals surface area contributed by atoms with Crippen molar-refractivity contribution < 1.29 is 0 Å². The molecule has 1 heterocycles. The lowest BCUT2D eigenvalue weighted by Gasteiger charge is -2.28. The normalized spacial score (nSPS) is 24.4. The van der Waals surface area contributed by atoms with Gasteiger partial charge in [0.2, 0.25) is 0 Å². The van der Waals surface area contributed by atoms with Gasteiger partial charge in [-0.05, 0) is 49.8 Å². The van der Waals surface area contributed by atoms with Crippen molar-refractivity contribution in [3.63, 3.8) is 0 Å². The van der Waals surface area contributed by atoms with Crippen LogP contribution in [0.15, 0.2) is 22.7 Å². The fraction of sp³-hybridized carbons (Fsp3) is 0.588. The van der Waals surface area contributed by atoms with Crippen LogP contribution in [0.4, 0.5) is 0 Å². The molecule has 4 heteroatoms. The van der Waals surface area contributed by atoms with Gasteiger partial charge in [0.15, 0.2) is 0 Å². The number of aromatic nitrogens is 2. The summed E-state index contributed by atoms with van der Waals surface area (Å²) in [6, 6.07) is 6.28. The van der Waals surface area contributed by atoms with E-state index < -0.39 is 0 Å². The highest BCUT2D eigenvalue weighted by Crippen LogP contribution is 2.33. The summed E-state index contributed by atoms with van der Waals surface area (Å²) in [5.41, 5.74) is 2.25. The maximum atomic E-state index is 6.37. The zero-order valence-electron chi connectivity index (χ0n) is 12.6. The third-order valence-corrected chi connectivity index (χ3v) is 5.27. The van der Waals surface area contributed by atoms with Gasteiger partial charge in [0.05, 0.1) is 16.4 Å². The molecule has 114 valence electrons. The van der Waals surface area contributed by atoms with Crippen molar-refractivity contribution in [2.75, 3.05) is 0 Å². The predicted octanol–water partition coefficient (Wildman–Crippen LogP) is 5.92. The van der Waals surface area contributed by atoms with E-state index in [9.17, 15) is 0 Å². The van der Waals surface area contributed by atoms with Gasteiger partial charge in [-0.1, -0.05) is 35.7 Å². The maximum absolute atomic E-state index is 6.37. The Balaban J connectivity index is 1.98. The van der Waals surface area contributed by atoms with Gasteiger partial charge in [-0.15, -0.1) is 11.6 Å². The van der Waals surface area contributed by atoms with E-state index in [-0.39, 0.29) is 5.38 Å². The molecule has 0 aliphatic heterocycles. The van der Waals surface area contributed by atoms with Crippen molar-refractivity contribution in [2.45, 2.75) is 51.5 Å². The number of benzene rings is 1. The van der Waals surface area contributed by atoms with Crippen LogP contribution in [0.3, 0.4) is 0 Å². The Kier molecular flexibility index (Phi) is 4.60.